The van der Waals surface area contributed by atoms with Gasteiger partial charge in [0.1, 0.15) is 18.4 Å². The van der Waals surface area contributed by atoms with Crippen LogP contribution in [0.15, 0.2) is 102 Å². The summed E-state index contributed by atoms with van der Waals surface area (Å²) in [4.78, 5) is 29.8. The van der Waals surface area contributed by atoms with E-state index < -0.39 is 40.2 Å². The van der Waals surface area contributed by atoms with Crippen LogP contribution in [0.3, 0.4) is 0 Å². The van der Waals surface area contributed by atoms with E-state index in [0.29, 0.717) is 12.1 Å². The highest BCUT2D eigenvalue weighted by Gasteiger charge is 2.35. The van der Waals surface area contributed by atoms with Gasteiger partial charge in [-0.2, -0.15) is 0 Å². The second-order valence-electron chi connectivity index (χ2n) is 11.8. The van der Waals surface area contributed by atoms with Crippen LogP contribution in [0.25, 0.3) is 0 Å². The quantitative estimate of drug-likeness (QED) is 0.180. The summed E-state index contributed by atoms with van der Waals surface area (Å²) in [5, 5.41) is 2.99. The van der Waals surface area contributed by atoms with Crippen LogP contribution in [-0.2, 0) is 32.6 Å². The number of rotatable bonds is 13. The molecule has 0 spiro atoms. The normalized spacial score (nSPS) is 12.7. The molecule has 0 heterocycles. The minimum Gasteiger partial charge on any atom is -0.352 e. The lowest BCUT2D eigenvalue weighted by atomic mass is 10.0. The van der Waals surface area contributed by atoms with Crippen molar-refractivity contribution in [3.8, 4) is 0 Å². The molecule has 242 valence electrons. The molecule has 0 aliphatic carbocycles. The standard InChI is InChI=1S/C37H42FN3O4S/c1-6-29(5)39-37(43)35(23-30-12-8-7-9-13-30)40(24-31-14-10-11-15-34(31)38)36(42)25-41(32-21-27(3)20-28(4)22-32)46(44,45)33-18-16-26(2)17-19-33/h7-22,29,35H,6,23-25H2,1-5H3,(H,39,43)/t29-,35-/m1/s1. The highest BCUT2D eigenvalue weighted by Crippen LogP contribution is 2.27. The van der Waals surface area contributed by atoms with Crippen molar-refractivity contribution in [2.24, 2.45) is 0 Å². The fourth-order valence-corrected chi connectivity index (χ4v) is 6.66. The van der Waals surface area contributed by atoms with Gasteiger partial charge in [-0.05, 0) is 81.1 Å². The number of nitrogens with zero attached hydrogens (tertiary/aromatic N) is 2. The molecule has 1 N–H and O–H groups in total. The lowest BCUT2D eigenvalue weighted by Crippen LogP contribution is -2.54. The average Bonchev–Trinajstić information content (AvgIpc) is 3.02. The van der Waals surface area contributed by atoms with E-state index >= 15 is 4.39 Å². The first kappa shape index (κ1) is 34.4. The van der Waals surface area contributed by atoms with Gasteiger partial charge in [0.25, 0.3) is 10.0 Å². The minimum atomic E-state index is -4.23. The zero-order valence-corrected chi connectivity index (χ0v) is 27.9. The number of amides is 2. The Labute approximate surface area is 272 Å². The van der Waals surface area contributed by atoms with Crippen molar-refractivity contribution < 1.29 is 22.4 Å². The van der Waals surface area contributed by atoms with Crippen LogP contribution >= 0.6 is 0 Å². The molecule has 2 amide bonds. The van der Waals surface area contributed by atoms with Crippen molar-refractivity contribution in [1.29, 1.82) is 0 Å². The summed E-state index contributed by atoms with van der Waals surface area (Å²) < 4.78 is 44.6. The zero-order valence-electron chi connectivity index (χ0n) is 27.0. The van der Waals surface area contributed by atoms with Gasteiger partial charge < -0.3 is 10.2 Å². The molecule has 7 nitrogen and oxygen atoms in total. The van der Waals surface area contributed by atoms with Gasteiger partial charge in [0, 0.05) is 24.6 Å². The maximum Gasteiger partial charge on any atom is 0.264 e. The Kier molecular flexibility index (Phi) is 11.4. The van der Waals surface area contributed by atoms with Crippen LogP contribution in [-0.4, -0.2) is 43.8 Å². The van der Waals surface area contributed by atoms with Crippen molar-refractivity contribution in [3.63, 3.8) is 0 Å². The molecule has 46 heavy (non-hydrogen) atoms. The van der Waals surface area contributed by atoms with E-state index in [1.165, 1.54) is 23.1 Å². The number of sulfonamides is 1. The number of aryl methyl sites for hydroxylation is 3. The molecule has 2 atom stereocenters. The number of halogens is 1. The molecule has 0 fully saturated rings. The highest BCUT2D eigenvalue weighted by molar-refractivity contribution is 7.92. The second kappa shape index (κ2) is 15.2. The van der Waals surface area contributed by atoms with Crippen LogP contribution in [0.5, 0.6) is 0 Å². The topological polar surface area (TPSA) is 86.8 Å². The number of nitrogens with one attached hydrogen (secondary N) is 1. The molecular weight excluding hydrogens is 601 g/mol. The lowest BCUT2D eigenvalue weighted by molar-refractivity contribution is -0.140. The Morgan fingerprint density at radius 3 is 2.04 bits per heavy atom. The molecule has 0 unspecified atom stereocenters. The highest BCUT2D eigenvalue weighted by atomic mass is 32.2. The Balaban J connectivity index is 1.84. The van der Waals surface area contributed by atoms with Crippen LogP contribution in [0.2, 0.25) is 0 Å². The SMILES string of the molecule is CC[C@@H](C)NC(=O)[C@@H](Cc1ccccc1)N(Cc1ccccc1F)C(=O)CN(c1cc(C)cc(C)c1)S(=O)(=O)c1ccc(C)cc1. The summed E-state index contributed by atoms with van der Waals surface area (Å²) in [7, 11) is -4.23. The summed E-state index contributed by atoms with van der Waals surface area (Å²) in [6.07, 6.45) is 0.817. The second-order valence-corrected chi connectivity index (χ2v) is 13.7. The van der Waals surface area contributed by atoms with E-state index in [4.69, 9.17) is 0 Å². The van der Waals surface area contributed by atoms with Crippen molar-refractivity contribution in [2.75, 3.05) is 10.8 Å². The van der Waals surface area contributed by atoms with Gasteiger partial charge in [0.2, 0.25) is 11.8 Å². The first-order valence-electron chi connectivity index (χ1n) is 15.4. The molecule has 9 heteroatoms. The van der Waals surface area contributed by atoms with Crippen LogP contribution in [0.1, 0.15) is 48.1 Å². The van der Waals surface area contributed by atoms with Crippen LogP contribution in [0, 0.1) is 26.6 Å². The third-order valence-electron chi connectivity index (χ3n) is 7.95. The van der Waals surface area contributed by atoms with Gasteiger partial charge >= 0.3 is 0 Å². The number of carbonyl (C=O) groups excluding carboxylic acids is 2. The molecule has 0 bridgehead atoms. The number of anilines is 1. The number of benzene rings is 4. The molecule has 4 rings (SSSR count). The van der Waals surface area contributed by atoms with Gasteiger partial charge in [-0.25, -0.2) is 12.8 Å². The molecule has 4 aromatic carbocycles. The first-order chi connectivity index (χ1) is 21.9. The summed E-state index contributed by atoms with van der Waals surface area (Å²) in [6.45, 7) is 8.55. The van der Waals surface area contributed by atoms with Crippen molar-refractivity contribution in [3.05, 3.63) is 131 Å². The predicted molar refractivity (Wildman–Crippen MR) is 180 cm³/mol. The molecule has 0 aliphatic rings. The smallest absolute Gasteiger partial charge is 0.264 e. The molecule has 0 radical (unpaired) electrons. The number of carbonyl (C=O) groups is 2. The van der Waals surface area contributed by atoms with Crippen molar-refractivity contribution in [2.45, 2.75) is 71.0 Å². The number of hydrogen-bond acceptors (Lipinski definition) is 4. The average molecular weight is 644 g/mol. The van der Waals surface area contributed by atoms with Gasteiger partial charge in [0.05, 0.1) is 10.6 Å². The Bertz CT molecular complexity index is 1740. The molecule has 0 aromatic heterocycles. The molecule has 0 saturated carbocycles. The third-order valence-corrected chi connectivity index (χ3v) is 9.74. The summed E-state index contributed by atoms with van der Waals surface area (Å²) in [5.41, 5.74) is 3.87. The van der Waals surface area contributed by atoms with Crippen molar-refractivity contribution in [1.82, 2.24) is 10.2 Å². The molecule has 4 aromatic rings. The molecule has 0 aliphatic heterocycles. The summed E-state index contributed by atoms with van der Waals surface area (Å²) >= 11 is 0. The molecule has 0 saturated heterocycles. The maximum absolute atomic E-state index is 15.1. The number of hydrogen-bond donors (Lipinski definition) is 1. The van der Waals surface area contributed by atoms with Crippen LogP contribution < -0.4 is 9.62 Å². The summed E-state index contributed by atoms with van der Waals surface area (Å²) in [6, 6.07) is 25.9. The van der Waals surface area contributed by atoms with E-state index in [2.05, 4.69) is 5.32 Å². The summed E-state index contributed by atoms with van der Waals surface area (Å²) in [5.74, 6) is -1.57. The molecular formula is C37H42FN3O4S. The van der Waals surface area contributed by atoms with E-state index in [9.17, 15) is 18.0 Å². The lowest BCUT2D eigenvalue weighted by Gasteiger charge is -2.34. The fourth-order valence-electron chi connectivity index (χ4n) is 5.27. The fraction of sp³-hybridized carbons (Fsp3) is 0.297. The predicted octanol–water partition coefficient (Wildman–Crippen LogP) is 6.50. The monoisotopic (exact) mass is 643 g/mol. The van der Waals surface area contributed by atoms with Gasteiger partial charge in [-0.15, -0.1) is 0 Å². The third kappa shape index (κ3) is 8.60. The minimum absolute atomic E-state index is 0.0288. The van der Waals surface area contributed by atoms with Gasteiger partial charge in [-0.3, -0.25) is 13.9 Å². The first-order valence-corrected chi connectivity index (χ1v) is 16.9. The van der Waals surface area contributed by atoms with Gasteiger partial charge in [0.15, 0.2) is 0 Å². The maximum atomic E-state index is 15.1. The Hall–Kier alpha value is -4.50. The largest absolute Gasteiger partial charge is 0.352 e. The Morgan fingerprint density at radius 2 is 1.43 bits per heavy atom. The van der Waals surface area contributed by atoms with Gasteiger partial charge in [-0.1, -0.05) is 79.2 Å². The van der Waals surface area contributed by atoms with E-state index in [1.54, 1.807) is 42.5 Å². The van der Waals surface area contributed by atoms with E-state index in [-0.39, 0.29) is 29.5 Å². The zero-order chi connectivity index (χ0) is 33.4. The van der Waals surface area contributed by atoms with E-state index in [1.807, 2.05) is 71.0 Å². The Morgan fingerprint density at radius 1 is 0.826 bits per heavy atom. The van der Waals surface area contributed by atoms with Crippen LogP contribution in [0.4, 0.5) is 10.1 Å². The van der Waals surface area contributed by atoms with E-state index in [0.717, 1.165) is 26.6 Å². The van der Waals surface area contributed by atoms with Crippen molar-refractivity contribution >= 4 is 27.5 Å².